The second-order valence-electron chi connectivity index (χ2n) is 2.64. The summed E-state index contributed by atoms with van der Waals surface area (Å²) in [6.07, 6.45) is -0.644. The third kappa shape index (κ3) is 3.26. The zero-order chi connectivity index (χ0) is 10.7. The van der Waals surface area contributed by atoms with Crippen molar-refractivity contribution in [2.24, 2.45) is 0 Å². The lowest BCUT2D eigenvalue weighted by atomic mass is 10.3. The van der Waals surface area contributed by atoms with E-state index in [0.717, 1.165) is 8.95 Å². The molecule has 0 aromatic heterocycles. The zero-order valence-electron chi connectivity index (χ0n) is 7.26. The van der Waals surface area contributed by atoms with Gasteiger partial charge in [0.2, 0.25) is 0 Å². The average Bonchev–Trinajstić information content (AvgIpc) is 2.09. The minimum atomic E-state index is -0.644. The fourth-order valence-corrected chi connectivity index (χ4v) is 1.99. The molecule has 5 heteroatoms. The summed E-state index contributed by atoms with van der Waals surface area (Å²) in [6.45, 7) is 1.60. The largest absolute Gasteiger partial charge is 0.480 e. The van der Waals surface area contributed by atoms with Crippen LogP contribution in [-0.4, -0.2) is 11.3 Å². The Balaban J connectivity index is 2.82. The lowest BCUT2D eigenvalue weighted by molar-refractivity contribution is -0.117. The molecule has 1 unspecified atom stereocenters. The van der Waals surface area contributed by atoms with Gasteiger partial charge < -0.3 is 4.74 Å². The minimum Gasteiger partial charge on any atom is -0.480 e. The third-order valence-electron chi connectivity index (χ3n) is 1.52. The molecule has 0 fully saturated rings. The number of rotatable bonds is 3. The number of carbonyl (C=O) groups is 1. The molecular weight excluding hydrogens is 335 g/mol. The van der Waals surface area contributed by atoms with Gasteiger partial charge in [-0.1, -0.05) is 15.9 Å². The summed E-state index contributed by atoms with van der Waals surface area (Å²) in [5.41, 5.74) is 0. The van der Waals surface area contributed by atoms with Crippen molar-refractivity contribution in [1.29, 1.82) is 0 Å². The number of hydrogen-bond donors (Lipinski definition) is 0. The highest BCUT2D eigenvalue weighted by Gasteiger charge is 2.13. The van der Waals surface area contributed by atoms with Crippen LogP contribution in [0.1, 0.15) is 6.92 Å². The second-order valence-corrected chi connectivity index (χ2v) is 4.78. The zero-order valence-corrected chi connectivity index (χ0v) is 11.2. The van der Waals surface area contributed by atoms with Crippen molar-refractivity contribution in [3.05, 3.63) is 27.1 Å². The Labute approximate surface area is 104 Å². The summed E-state index contributed by atoms with van der Waals surface area (Å²) in [7, 11) is 0. The summed E-state index contributed by atoms with van der Waals surface area (Å²) < 4.78 is 7.02. The van der Waals surface area contributed by atoms with Crippen LogP contribution in [0.5, 0.6) is 5.75 Å². The highest BCUT2D eigenvalue weighted by Crippen LogP contribution is 2.29. The van der Waals surface area contributed by atoms with Crippen LogP contribution in [0.2, 0.25) is 0 Å². The van der Waals surface area contributed by atoms with E-state index in [4.69, 9.17) is 16.3 Å². The maximum atomic E-state index is 10.7. The molecule has 0 bridgehead atoms. The molecule has 0 spiro atoms. The fraction of sp³-hybridized carbons (Fsp3) is 0.222. The first kappa shape index (κ1) is 12.0. The van der Waals surface area contributed by atoms with E-state index in [1.54, 1.807) is 13.0 Å². The van der Waals surface area contributed by atoms with Gasteiger partial charge in [-0.15, -0.1) is 0 Å². The number of ether oxygens (including phenoxy) is 1. The monoisotopic (exact) mass is 340 g/mol. The molecule has 76 valence electrons. The maximum Gasteiger partial charge on any atom is 0.262 e. The molecule has 0 aliphatic heterocycles. The van der Waals surface area contributed by atoms with Crippen LogP contribution in [0.4, 0.5) is 0 Å². The normalized spacial score (nSPS) is 12.3. The smallest absolute Gasteiger partial charge is 0.262 e. The van der Waals surface area contributed by atoms with Crippen molar-refractivity contribution in [2.75, 3.05) is 0 Å². The van der Waals surface area contributed by atoms with Crippen LogP contribution in [-0.2, 0) is 4.79 Å². The van der Waals surface area contributed by atoms with E-state index in [2.05, 4.69) is 31.9 Å². The average molecular weight is 342 g/mol. The van der Waals surface area contributed by atoms with E-state index in [0.29, 0.717) is 5.75 Å². The van der Waals surface area contributed by atoms with Gasteiger partial charge in [-0.2, -0.15) is 0 Å². The molecule has 0 aliphatic rings. The van der Waals surface area contributed by atoms with Gasteiger partial charge in [-0.05, 0) is 52.7 Å². The van der Waals surface area contributed by atoms with E-state index < -0.39 is 11.3 Å². The van der Waals surface area contributed by atoms with Crippen molar-refractivity contribution in [1.82, 2.24) is 0 Å². The van der Waals surface area contributed by atoms with E-state index in [1.165, 1.54) is 0 Å². The number of halogens is 3. The minimum absolute atomic E-state index is 0.514. The van der Waals surface area contributed by atoms with Crippen LogP contribution in [0.25, 0.3) is 0 Å². The topological polar surface area (TPSA) is 26.3 Å². The second kappa shape index (κ2) is 5.14. The molecule has 1 rings (SSSR count). The number of benzene rings is 1. The summed E-state index contributed by atoms with van der Waals surface area (Å²) in [4.78, 5) is 10.7. The maximum absolute atomic E-state index is 10.7. The van der Waals surface area contributed by atoms with Crippen molar-refractivity contribution >= 4 is 48.7 Å². The molecule has 0 radical (unpaired) electrons. The lowest BCUT2D eigenvalue weighted by Gasteiger charge is -2.11. The Bertz CT molecular complexity index is 355. The molecular formula is C9H7Br2ClO2. The molecule has 0 saturated carbocycles. The van der Waals surface area contributed by atoms with Gasteiger partial charge in [0.1, 0.15) is 5.75 Å². The summed E-state index contributed by atoms with van der Waals surface area (Å²) >= 11 is 11.9. The molecule has 2 nitrogen and oxygen atoms in total. The molecule has 1 atom stereocenters. The molecule has 14 heavy (non-hydrogen) atoms. The van der Waals surface area contributed by atoms with Crippen molar-refractivity contribution in [2.45, 2.75) is 13.0 Å². The highest BCUT2D eigenvalue weighted by atomic mass is 79.9. The van der Waals surface area contributed by atoms with Gasteiger partial charge in [0.25, 0.3) is 5.24 Å². The molecule has 0 heterocycles. The van der Waals surface area contributed by atoms with E-state index in [1.807, 2.05) is 12.1 Å². The quantitative estimate of drug-likeness (QED) is 0.782. The van der Waals surface area contributed by atoms with Crippen LogP contribution in [0.15, 0.2) is 27.1 Å². The molecule has 1 aromatic carbocycles. The van der Waals surface area contributed by atoms with Gasteiger partial charge in [0.05, 0.1) is 4.47 Å². The molecule has 0 amide bonds. The van der Waals surface area contributed by atoms with Crippen LogP contribution in [0.3, 0.4) is 0 Å². The highest BCUT2D eigenvalue weighted by molar-refractivity contribution is 9.11. The Morgan fingerprint density at radius 3 is 2.64 bits per heavy atom. The van der Waals surface area contributed by atoms with Crippen molar-refractivity contribution in [3.63, 3.8) is 0 Å². The molecule has 0 saturated heterocycles. The van der Waals surface area contributed by atoms with Crippen LogP contribution < -0.4 is 4.74 Å². The molecule has 0 N–H and O–H groups in total. The summed E-state index contributed by atoms with van der Waals surface area (Å²) in [5, 5.41) is -0.514. The first-order valence-corrected chi connectivity index (χ1v) is 5.78. The molecule has 0 aliphatic carbocycles. The van der Waals surface area contributed by atoms with Gasteiger partial charge >= 0.3 is 0 Å². The number of carbonyl (C=O) groups excluding carboxylic acids is 1. The Morgan fingerprint density at radius 2 is 2.14 bits per heavy atom. The van der Waals surface area contributed by atoms with Crippen molar-refractivity contribution < 1.29 is 9.53 Å². The standard InChI is InChI=1S/C9H7Br2ClO2/c1-5(9(12)13)14-8-3-2-6(10)4-7(8)11/h2-5H,1H3. The predicted molar refractivity (Wildman–Crippen MR) is 62.8 cm³/mol. The summed E-state index contributed by atoms with van der Waals surface area (Å²) in [6, 6.07) is 5.41. The van der Waals surface area contributed by atoms with Gasteiger partial charge in [-0.25, -0.2) is 0 Å². The first-order chi connectivity index (χ1) is 6.50. The van der Waals surface area contributed by atoms with Gasteiger partial charge in [0.15, 0.2) is 6.10 Å². The van der Waals surface area contributed by atoms with Crippen LogP contribution in [0, 0.1) is 0 Å². The third-order valence-corrected chi connectivity index (χ3v) is 2.94. The van der Waals surface area contributed by atoms with E-state index >= 15 is 0 Å². The Hall–Kier alpha value is -0.0600. The van der Waals surface area contributed by atoms with Crippen LogP contribution >= 0.6 is 43.5 Å². The summed E-state index contributed by atoms with van der Waals surface area (Å²) in [5.74, 6) is 0.592. The first-order valence-electron chi connectivity index (χ1n) is 3.81. The number of hydrogen-bond acceptors (Lipinski definition) is 2. The lowest BCUT2D eigenvalue weighted by Crippen LogP contribution is -2.19. The van der Waals surface area contributed by atoms with E-state index in [9.17, 15) is 4.79 Å². The van der Waals surface area contributed by atoms with Gasteiger partial charge in [-0.3, -0.25) is 4.79 Å². The SMILES string of the molecule is CC(Oc1ccc(Br)cc1Br)C(=O)Cl. The fourth-order valence-electron chi connectivity index (χ4n) is 0.808. The Morgan fingerprint density at radius 1 is 1.50 bits per heavy atom. The predicted octanol–water partition coefficient (Wildman–Crippen LogP) is 3.74. The van der Waals surface area contributed by atoms with E-state index in [-0.39, 0.29) is 0 Å². The van der Waals surface area contributed by atoms with Crippen molar-refractivity contribution in [3.8, 4) is 5.75 Å². The Kier molecular flexibility index (Phi) is 4.41. The molecule has 1 aromatic rings. The van der Waals surface area contributed by atoms with Gasteiger partial charge in [0, 0.05) is 4.47 Å².